The molecule has 1 amide bonds. The van der Waals surface area contributed by atoms with Crippen molar-refractivity contribution in [3.63, 3.8) is 0 Å². The van der Waals surface area contributed by atoms with Gasteiger partial charge in [-0.2, -0.15) is 0 Å². The summed E-state index contributed by atoms with van der Waals surface area (Å²) >= 11 is 0. The molecule has 0 aliphatic carbocycles. The summed E-state index contributed by atoms with van der Waals surface area (Å²) in [6.07, 6.45) is 0.426. The van der Waals surface area contributed by atoms with Crippen molar-refractivity contribution in [2.24, 2.45) is 0 Å². The van der Waals surface area contributed by atoms with Crippen molar-refractivity contribution in [3.05, 3.63) is 53.6 Å². The van der Waals surface area contributed by atoms with Gasteiger partial charge in [0.15, 0.2) is 0 Å². The lowest BCUT2D eigenvalue weighted by Crippen LogP contribution is -2.29. The minimum absolute atomic E-state index is 0.00895. The number of hydrogen-bond acceptors (Lipinski definition) is 4. The molecule has 2 aromatic carbocycles. The Balaban J connectivity index is 1.59. The molecule has 0 saturated heterocycles. The largest absolute Gasteiger partial charge is 0.497 e. The SMILES string of the molecule is COc1ccc(OCCNC(=O)CCNc2ccc(C)c(C)c2)cc1. The van der Waals surface area contributed by atoms with Gasteiger partial charge in [0, 0.05) is 18.7 Å². The van der Waals surface area contributed by atoms with Gasteiger partial charge >= 0.3 is 0 Å². The van der Waals surface area contributed by atoms with Gasteiger partial charge in [-0.15, -0.1) is 0 Å². The third-order valence-electron chi connectivity index (χ3n) is 3.94. The number of carbonyl (C=O) groups is 1. The van der Waals surface area contributed by atoms with Crippen molar-refractivity contribution in [2.75, 3.05) is 32.1 Å². The molecule has 0 radical (unpaired) electrons. The van der Waals surface area contributed by atoms with Crippen LogP contribution in [0.2, 0.25) is 0 Å². The van der Waals surface area contributed by atoms with Crippen LogP contribution < -0.4 is 20.1 Å². The maximum absolute atomic E-state index is 11.8. The summed E-state index contributed by atoms with van der Waals surface area (Å²) in [5, 5.41) is 6.12. The van der Waals surface area contributed by atoms with Gasteiger partial charge < -0.3 is 20.1 Å². The van der Waals surface area contributed by atoms with E-state index in [2.05, 4.69) is 36.6 Å². The fourth-order valence-electron chi connectivity index (χ4n) is 2.29. The summed E-state index contributed by atoms with van der Waals surface area (Å²) in [4.78, 5) is 11.8. The molecule has 0 bridgehead atoms. The Labute approximate surface area is 149 Å². The van der Waals surface area contributed by atoms with Crippen LogP contribution in [0.25, 0.3) is 0 Å². The summed E-state index contributed by atoms with van der Waals surface area (Å²) < 4.78 is 10.7. The zero-order valence-electron chi connectivity index (χ0n) is 15.1. The van der Waals surface area contributed by atoms with Crippen LogP contribution in [0, 0.1) is 13.8 Å². The first-order chi connectivity index (χ1) is 12.1. The number of methoxy groups -OCH3 is 1. The van der Waals surface area contributed by atoms with E-state index in [0.717, 1.165) is 17.2 Å². The summed E-state index contributed by atoms with van der Waals surface area (Å²) in [5.74, 6) is 1.55. The van der Waals surface area contributed by atoms with Crippen LogP contribution in [-0.4, -0.2) is 32.7 Å². The average Bonchev–Trinajstić information content (AvgIpc) is 2.62. The quantitative estimate of drug-likeness (QED) is 0.687. The molecular formula is C20H26N2O3. The minimum Gasteiger partial charge on any atom is -0.497 e. The van der Waals surface area contributed by atoms with Crippen LogP contribution in [0.4, 0.5) is 5.69 Å². The molecule has 0 saturated carbocycles. The van der Waals surface area contributed by atoms with Gasteiger partial charge in [-0.05, 0) is 61.4 Å². The smallest absolute Gasteiger partial charge is 0.221 e. The van der Waals surface area contributed by atoms with E-state index in [9.17, 15) is 4.79 Å². The molecule has 0 aromatic heterocycles. The first-order valence-electron chi connectivity index (χ1n) is 8.43. The number of anilines is 1. The number of hydrogen-bond donors (Lipinski definition) is 2. The fraction of sp³-hybridized carbons (Fsp3) is 0.350. The standard InChI is InChI=1S/C20H26N2O3/c1-15-4-5-17(14-16(15)2)21-11-10-20(23)22-12-13-25-19-8-6-18(24-3)7-9-19/h4-9,14,21H,10-13H2,1-3H3,(H,22,23). The Bertz CT molecular complexity index is 684. The highest BCUT2D eigenvalue weighted by Gasteiger charge is 2.02. The van der Waals surface area contributed by atoms with Gasteiger partial charge in [0.05, 0.1) is 13.7 Å². The topological polar surface area (TPSA) is 59.6 Å². The van der Waals surface area contributed by atoms with Crippen LogP contribution in [0.1, 0.15) is 17.5 Å². The predicted molar refractivity (Wildman–Crippen MR) is 101 cm³/mol. The zero-order valence-corrected chi connectivity index (χ0v) is 15.1. The Kier molecular flexibility index (Phi) is 7.14. The first kappa shape index (κ1) is 18.6. The molecule has 0 aliphatic heterocycles. The van der Waals surface area contributed by atoms with E-state index in [1.54, 1.807) is 7.11 Å². The van der Waals surface area contributed by atoms with Crippen molar-refractivity contribution < 1.29 is 14.3 Å². The highest BCUT2D eigenvalue weighted by Crippen LogP contribution is 2.16. The molecule has 0 unspecified atom stereocenters. The number of rotatable bonds is 9. The predicted octanol–water partition coefficient (Wildman–Crippen LogP) is 3.31. The third-order valence-corrected chi connectivity index (χ3v) is 3.94. The second-order valence-corrected chi connectivity index (χ2v) is 5.85. The molecule has 0 heterocycles. The van der Waals surface area contributed by atoms with E-state index in [0.29, 0.717) is 26.1 Å². The van der Waals surface area contributed by atoms with Crippen molar-refractivity contribution in [1.82, 2.24) is 5.32 Å². The van der Waals surface area contributed by atoms with Gasteiger partial charge in [0.1, 0.15) is 18.1 Å². The van der Waals surface area contributed by atoms with Crippen LogP contribution in [0.15, 0.2) is 42.5 Å². The normalized spacial score (nSPS) is 10.2. The van der Waals surface area contributed by atoms with Gasteiger partial charge in [0.25, 0.3) is 0 Å². The van der Waals surface area contributed by atoms with Gasteiger partial charge in [0.2, 0.25) is 5.91 Å². The molecular weight excluding hydrogens is 316 g/mol. The van der Waals surface area contributed by atoms with E-state index >= 15 is 0 Å². The average molecular weight is 342 g/mol. The zero-order chi connectivity index (χ0) is 18.1. The lowest BCUT2D eigenvalue weighted by Gasteiger charge is -2.10. The maximum Gasteiger partial charge on any atom is 0.221 e. The van der Waals surface area contributed by atoms with Gasteiger partial charge in [-0.1, -0.05) is 6.07 Å². The van der Waals surface area contributed by atoms with E-state index in [1.165, 1.54) is 11.1 Å². The second kappa shape index (κ2) is 9.57. The summed E-state index contributed by atoms with van der Waals surface area (Å²) in [7, 11) is 1.63. The van der Waals surface area contributed by atoms with E-state index in [1.807, 2.05) is 30.3 Å². The fourth-order valence-corrected chi connectivity index (χ4v) is 2.29. The lowest BCUT2D eigenvalue weighted by atomic mass is 10.1. The van der Waals surface area contributed by atoms with E-state index in [-0.39, 0.29) is 5.91 Å². The molecule has 134 valence electrons. The molecule has 25 heavy (non-hydrogen) atoms. The first-order valence-corrected chi connectivity index (χ1v) is 8.43. The molecule has 0 fully saturated rings. The Morgan fingerprint density at radius 3 is 2.36 bits per heavy atom. The molecule has 0 atom stereocenters. The highest BCUT2D eigenvalue weighted by atomic mass is 16.5. The Hall–Kier alpha value is -2.69. The number of ether oxygens (including phenoxy) is 2. The van der Waals surface area contributed by atoms with Crippen LogP contribution in [0.5, 0.6) is 11.5 Å². The molecule has 5 nitrogen and oxygen atoms in total. The number of benzene rings is 2. The number of carbonyl (C=O) groups excluding carboxylic acids is 1. The maximum atomic E-state index is 11.8. The molecule has 2 aromatic rings. The molecule has 0 aliphatic rings. The number of aryl methyl sites for hydroxylation is 2. The molecule has 0 spiro atoms. The summed E-state index contributed by atoms with van der Waals surface area (Å²) in [6, 6.07) is 13.6. The van der Waals surface area contributed by atoms with Crippen molar-refractivity contribution in [2.45, 2.75) is 20.3 Å². The third kappa shape index (κ3) is 6.37. The van der Waals surface area contributed by atoms with Crippen LogP contribution >= 0.6 is 0 Å². The summed E-state index contributed by atoms with van der Waals surface area (Å²) in [6.45, 7) is 5.68. The lowest BCUT2D eigenvalue weighted by molar-refractivity contribution is -0.120. The molecule has 2 N–H and O–H groups in total. The van der Waals surface area contributed by atoms with Crippen molar-refractivity contribution >= 4 is 11.6 Å². The molecule has 2 rings (SSSR count). The summed E-state index contributed by atoms with van der Waals surface area (Å²) in [5.41, 5.74) is 3.55. The van der Waals surface area contributed by atoms with Gasteiger partial charge in [-0.25, -0.2) is 0 Å². The molecule has 5 heteroatoms. The minimum atomic E-state index is 0.00895. The Morgan fingerprint density at radius 2 is 1.68 bits per heavy atom. The van der Waals surface area contributed by atoms with E-state index < -0.39 is 0 Å². The van der Waals surface area contributed by atoms with Crippen LogP contribution in [-0.2, 0) is 4.79 Å². The number of nitrogens with one attached hydrogen (secondary N) is 2. The second-order valence-electron chi connectivity index (χ2n) is 5.85. The van der Waals surface area contributed by atoms with E-state index in [4.69, 9.17) is 9.47 Å². The van der Waals surface area contributed by atoms with Crippen LogP contribution in [0.3, 0.4) is 0 Å². The highest BCUT2D eigenvalue weighted by molar-refractivity contribution is 5.76. The number of amides is 1. The Morgan fingerprint density at radius 1 is 0.960 bits per heavy atom. The van der Waals surface area contributed by atoms with Crippen molar-refractivity contribution in [1.29, 1.82) is 0 Å². The van der Waals surface area contributed by atoms with Gasteiger partial charge in [-0.3, -0.25) is 4.79 Å². The monoisotopic (exact) mass is 342 g/mol. The van der Waals surface area contributed by atoms with Crippen molar-refractivity contribution in [3.8, 4) is 11.5 Å².